The number of guanidine groups is 1. The lowest BCUT2D eigenvalue weighted by atomic mass is 10.0. The van der Waals surface area contributed by atoms with E-state index in [0.717, 1.165) is 12.1 Å². The van der Waals surface area contributed by atoms with Crippen molar-refractivity contribution in [3.63, 3.8) is 0 Å². The number of carbonyl (C=O) groups is 1. The molecule has 3 aromatic rings. The Morgan fingerprint density at radius 2 is 1.73 bits per heavy atom. The maximum Gasteiger partial charge on any atom is 0.416 e. The molecule has 0 atom stereocenters. The summed E-state index contributed by atoms with van der Waals surface area (Å²) >= 11 is 0. The summed E-state index contributed by atoms with van der Waals surface area (Å²) in [5.41, 5.74) is 10.7. The normalized spacial score (nSPS) is 11.3. The number of rotatable bonds is 2. The largest absolute Gasteiger partial charge is 0.416 e. The summed E-state index contributed by atoms with van der Waals surface area (Å²) in [7, 11) is 0. The predicted octanol–water partition coefficient (Wildman–Crippen LogP) is 3.33. The zero-order valence-corrected chi connectivity index (χ0v) is 13.3. The van der Waals surface area contributed by atoms with Crippen LogP contribution in [0.25, 0.3) is 22.2 Å². The fourth-order valence-electron chi connectivity index (χ4n) is 2.53. The van der Waals surface area contributed by atoms with E-state index in [9.17, 15) is 18.0 Å². The molecule has 0 saturated heterocycles. The van der Waals surface area contributed by atoms with Gasteiger partial charge in [-0.15, -0.1) is 0 Å². The summed E-state index contributed by atoms with van der Waals surface area (Å²) in [5, 5.41) is 0.498. The summed E-state index contributed by atoms with van der Waals surface area (Å²) in [6.45, 7) is 0. The number of aromatic nitrogens is 1. The smallest absolute Gasteiger partial charge is 0.370 e. The number of carbonyl (C=O) groups excluding carboxylic acids is 1. The predicted molar refractivity (Wildman–Crippen MR) is 92.3 cm³/mol. The Labute approximate surface area is 146 Å². The maximum absolute atomic E-state index is 13.0. The number of amides is 1. The van der Waals surface area contributed by atoms with Crippen LogP contribution in [0.2, 0.25) is 0 Å². The van der Waals surface area contributed by atoms with E-state index in [2.05, 4.69) is 9.98 Å². The summed E-state index contributed by atoms with van der Waals surface area (Å²) in [6, 6.07) is 12.8. The molecule has 26 heavy (non-hydrogen) atoms. The van der Waals surface area contributed by atoms with Crippen LogP contribution >= 0.6 is 0 Å². The third-order valence-corrected chi connectivity index (χ3v) is 3.66. The van der Waals surface area contributed by atoms with Crippen molar-refractivity contribution in [2.24, 2.45) is 16.5 Å². The van der Waals surface area contributed by atoms with E-state index in [-0.39, 0.29) is 16.8 Å². The number of pyridine rings is 1. The molecule has 0 spiro atoms. The average Bonchev–Trinajstić information content (AvgIpc) is 2.59. The Kier molecular flexibility index (Phi) is 4.33. The van der Waals surface area contributed by atoms with Crippen LogP contribution in [0, 0.1) is 0 Å². The van der Waals surface area contributed by atoms with Crippen molar-refractivity contribution in [3.8, 4) is 11.3 Å². The second kappa shape index (κ2) is 6.47. The van der Waals surface area contributed by atoms with Gasteiger partial charge in [-0.05, 0) is 24.3 Å². The molecule has 4 N–H and O–H groups in total. The van der Waals surface area contributed by atoms with Gasteiger partial charge in [0.25, 0.3) is 5.91 Å². The number of fused-ring (bicyclic) bond motifs is 1. The molecule has 0 aliphatic rings. The number of hydrogen-bond donors (Lipinski definition) is 2. The molecule has 1 heterocycles. The maximum atomic E-state index is 13.0. The molecule has 132 valence electrons. The van der Waals surface area contributed by atoms with Gasteiger partial charge < -0.3 is 11.5 Å². The molecule has 0 fully saturated rings. The third kappa shape index (κ3) is 3.49. The van der Waals surface area contributed by atoms with Crippen LogP contribution in [-0.2, 0) is 6.18 Å². The minimum absolute atomic E-state index is 0.149. The van der Waals surface area contributed by atoms with Gasteiger partial charge >= 0.3 is 6.18 Å². The zero-order chi connectivity index (χ0) is 18.9. The number of alkyl halides is 3. The zero-order valence-electron chi connectivity index (χ0n) is 13.3. The SMILES string of the molecule is NC(N)=NC(=O)c1cc(-c2cccc(C(F)(F)F)c2)nc2ccccc12. The molecular weight excluding hydrogens is 345 g/mol. The van der Waals surface area contributed by atoms with Crippen molar-refractivity contribution in [1.29, 1.82) is 0 Å². The van der Waals surface area contributed by atoms with Crippen molar-refractivity contribution in [2.75, 3.05) is 0 Å². The Bertz CT molecular complexity index is 1020. The van der Waals surface area contributed by atoms with Crippen LogP contribution in [0.5, 0.6) is 0 Å². The van der Waals surface area contributed by atoms with E-state index < -0.39 is 23.6 Å². The second-order valence-electron chi connectivity index (χ2n) is 5.49. The van der Waals surface area contributed by atoms with Gasteiger partial charge in [0, 0.05) is 10.9 Å². The number of benzene rings is 2. The number of hydrogen-bond acceptors (Lipinski definition) is 2. The standard InChI is InChI=1S/C18H13F3N4O/c19-18(20,21)11-5-3-4-10(8-11)15-9-13(16(26)25-17(22)23)12-6-1-2-7-14(12)24-15/h1-9H,(H4,22,23,25,26). The first-order valence-electron chi connectivity index (χ1n) is 7.47. The first-order chi connectivity index (χ1) is 12.3. The molecule has 0 unspecified atom stereocenters. The Morgan fingerprint density at radius 1 is 1.00 bits per heavy atom. The van der Waals surface area contributed by atoms with Gasteiger partial charge in [-0.3, -0.25) is 4.79 Å². The number of para-hydroxylation sites is 1. The second-order valence-corrected chi connectivity index (χ2v) is 5.49. The van der Waals surface area contributed by atoms with Crippen LogP contribution in [0.3, 0.4) is 0 Å². The molecule has 0 saturated carbocycles. The fraction of sp³-hybridized carbons (Fsp3) is 0.0556. The highest BCUT2D eigenvalue weighted by atomic mass is 19.4. The highest BCUT2D eigenvalue weighted by Gasteiger charge is 2.30. The van der Waals surface area contributed by atoms with Crippen LogP contribution in [0.4, 0.5) is 13.2 Å². The van der Waals surface area contributed by atoms with E-state index >= 15 is 0 Å². The molecule has 3 rings (SSSR count). The number of nitrogens with zero attached hydrogens (tertiary/aromatic N) is 2. The highest BCUT2D eigenvalue weighted by Crippen LogP contribution is 2.32. The lowest BCUT2D eigenvalue weighted by Crippen LogP contribution is -2.24. The third-order valence-electron chi connectivity index (χ3n) is 3.66. The highest BCUT2D eigenvalue weighted by molar-refractivity contribution is 6.10. The van der Waals surface area contributed by atoms with Crippen molar-refractivity contribution < 1.29 is 18.0 Å². The summed E-state index contributed by atoms with van der Waals surface area (Å²) in [5.74, 6) is -1.10. The Morgan fingerprint density at radius 3 is 2.42 bits per heavy atom. The van der Waals surface area contributed by atoms with Crippen LogP contribution in [0.15, 0.2) is 59.6 Å². The van der Waals surface area contributed by atoms with E-state index in [1.54, 1.807) is 24.3 Å². The van der Waals surface area contributed by atoms with E-state index in [1.807, 2.05) is 0 Å². The van der Waals surface area contributed by atoms with Crippen molar-refractivity contribution in [1.82, 2.24) is 4.98 Å². The molecule has 5 nitrogen and oxygen atoms in total. The van der Waals surface area contributed by atoms with Gasteiger partial charge in [-0.2, -0.15) is 18.2 Å². The summed E-state index contributed by atoms with van der Waals surface area (Å²) < 4.78 is 38.9. The quantitative estimate of drug-likeness (QED) is 0.543. The van der Waals surface area contributed by atoms with Crippen molar-refractivity contribution in [2.45, 2.75) is 6.18 Å². The molecular formula is C18H13F3N4O. The molecule has 1 aromatic heterocycles. The lowest BCUT2D eigenvalue weighted by Gasteiger charge is -2.10. The topological polar surface area (TPSA) is 94.4 Å². The van der Waals surface area contributed by atoms with Crippen molar-refractivity contribution >= 4 is 22.8 Å². The fourth-order valence-corrected chi connectivity index (χ4v) is 2.53. The number of halogens is 3. The van der Waals surface area contributed by atoms with Gasteiger partial charge in [-0.25, -0.2) is 4.98 Å². The molecule has 0 aliphatic heterocycles. The van der Waals surface area contributed by atoms with Crippen LogP contribution in [-0.4, -0.2) is 16.9 Å². The minimum Gasteiger partial charge on any atom is -0.370 e. The van der Waals surface area contributed by atoms with Crippen LogP contribution < -0.4 is 11.5 Å². The van der Waals surface area contributed by atoms with Gasteiger partial charge in [0.1, 0.15) is 0 Å². The summed E-state index contributed by atoms with van der Waals surface area (Å²) in [6.07, 6.45) is -4.48. The average molecular weight is 358 g/mol. The molecule has 2 aromatic carbocycles. The Balaban J connectivity index is 2.22. The first-order valence-corrected chi connectivity index (χ1v) is 7.47. The van der Waals surface area contributed by atoms with Gasteiger partial charge in [0.2, 0.25) is 0 Å². The van der Waals surface area contributed by atoms with Gasteiger partial charge in [0.05, 0.1) is 22.3 Å². The molecule has 8 heteroatoms. The molecule has 0 aliphatic carbocycles. The van der Waals surface area contributed by atoms with Crippen LogP contribution in [0.1, 0.15) is 15.9 Å². The number of nitrogens with two attached hydrogens (primary N) is 2. The van der Waals surface area contributed by atoms with E-state index in [4.69, 9.17) is 11.5 Å². The molecule has 1 amide bonds. The molecule has 0 radical (unpaired) electrons. The number of aliphatic imine (C=N–C) groups is 1. The van der Waals surface area contributed by atoms with Gasteiger partial charge in [-0.1, -0.05) is 30.3 Å². The van der Waals surface area contributed by atoms with Gasteiger partial charge in [0.15, 0.2) is 5.96 Å². The first kappa shape index (κ1) is 17.4. The monoisotopic (exact) mass is 358 g/mol. The minimum atomic E-state index is -4.48. The summed E-state index contributed by atoms with van der Waals surface area (Å²) in [4.78, 5) is 20.2. The Hall–Kier alpha value is -3.42. The van der Waals surface area contributed by atoms with E-state index in [0.29, 0.717) is 10.9 Å². The van der Waals surface area contributed by atoms with Crippen molar-refractivity contribution in [3.05, 3.63) is 65.7 Å². The molecule has 0 bridgehead atoms. The lowest BCUT2D eigenvalue weighted by molar-refractivity contribution is -0.137. The van der Waals surface area contributed by atoms with E-state index in [1.165, 1.54) is 18.2 Å².